The maximum atomic E-state index is 13.4. The Morgan fingerprint density at radius 2 is 1.28 bits per heavy atom. The minimum Gasteiger partial charge on any atom is -0.384 e. The van der Waals surface area contributed by atoms with E-state index in [2.05, 4.69) is 55.3 Å². The lowest BCUT2D eigenvalue weighted by Crippen LogP contribution is -2.30. The van der Waals surface area contributed by atoms with Crippen LogP contribution in [-0.4, -0.2) is 62.5 Å². The number of nitrogens with two attached hydrogens (primary N) is 2. The molecular weight excluding hydrogens is 711 g/mol. The lowest BCUT2D eigenvalue weighted by atomic mass is 9.90. The third-order valence-electron chi connectivity index (χ3n) is 10.7. The molecule has 0 saturated heterocycles. The number of fused-ring (bicyclic) bond motifs is 4. The van der Waals surface area contributed by atoms with Gasteiger partial charge in [-0.2, -0.15) is 19.6 Å². The molecule has 0 bridgehead atoms. The summed E-state index contributed by atoms with van der Waals surface area (Å²) >= 11 is 12.6. The number of benzene rings is 3. The molecular formula is C39H42Cl2N10O2. The third-order valence-corrected chi connectivity index (χ3v) is 11.3. The molecule has 7 N–H and O–H groups in total. The number of nitrogen functional groups attached to an aromatic ring is 2. The molecule has 4 aliphatic rings. The number of aromatic nitrogens is 4. The van der Waals surface area contributed by atoms with Crippen LogP contribution in [0, 0.1) is 0 Å². The Balaban J connectivity index is 0.000000156. The predicted octanol–water partition coefficient (Wildman–Crippen LogP) is 5.92. The van der Waals surface area contributed by atoms with Crippen LogP contribution in [0.3, 0.4) is 0 Å². The van der Waals surface area contributed by atoms with Crippen LogP contribution in [0.5, 0.6) is 0 Å². The van der Waals surface area contributed by atoms with Crippen LogP contribution >= 0.6 is 23.2 Å². The fourth-order valence-corrected chi connectivity index (χ4v) is 8.46. The van der Waals surface area contributed by atoms with Gasteiger partial charge in [-0.1, -0.05) is 77.8 Å². The molecule has 4 aliphatic heterocycles. The quantitative estimate of drug-likeness (QED) is 0.149. The molecule has 0 fully saturated rings. The number of hydrogen-bond donors (Lipinski definition) is 5. The molecule has 14 heteroatoms. The normalized spacial score (nSPS) is 18.9. The molecule has 53 heavy (non-hydrogen) atoms. The number of hydrogen-bond acceptors (Lipinski definition) is 10. The van der Waals surface area contributed by atoms with Gasteiger partial charge in [0.15, 0.2) is 0 Å². The van der Waals surface area contributed by atoms with Crippen molar-refractivity contribution in [2.24, 2.45) is 0 Å². The van der Waals surface area contributed by atoms with Gasteiger partial charge >= 0.3 is 0 Å². The molecule has 2 aromatic heterocycles. The van der Waals surface area contributed by atoms with E-state index in [0.717, 1.165) is 77.5 Å². The summed E-state index contributed by atoms with van der Waals surface area (Å²) in [4.78, 5) is 28.8. The van der Waals surface area contributed by atoms with Crippen LogP contribution in [-0.2, 0) is 32.5 Å². The van der Waals surface area contributed by atoms with Gasteiger partial charge < -0.3 is 27.4 Å². The van der Waals surface area contributed by atoms with Crippen molar-refractivity contribution in [3.05, 3.63) is 116 Å². The molecule has 0 saturated carbocycles. The number of halogens is 2. The second-order valence-corrected chi connectivity index (χ2v) is 14.8. The van der Waals surface area contributed by atoms with E-state index in [1.54, 1.807) is 0 Å². The van der Waals surface area contributed by atoms with Gasteiger partial charge in [-0.15, -0.1) is 0 Å². The lowest BCUT2D eigenvalue weighted by molar-refractivity contribution is 0.0851. The minimum absolute atomic E-state index is 0.0816. The number of nitrogens with one attached hydrogen (secondary N) is 3. The summed E-state index contributed by atoms with van der Waals surface area (Å²) in [6.45, 7) is 5.38. The molecule has 0 spiro atoms. The largest absolute Gasteiger partial charge is 0.384 e. The molecule has 9 rings (SSSR count). The van der Waals surface area contributed by atoms with Gasteiger partial charge in [0.05, 0.1) is 44.6 Å². The van der Waals surface area contributed by atoms with E-state index >= 15 is 0 Å². The summed E-state index contributed by atoms with van der Waals surface area (Å²) in [5.41, 5.74) is 21.2. The molecule has 0 amide bonds. The zero-order valence-electron chi connectivity index (χ0n) is 29.2. The van der Waals surface area contributed by atoms with E-state index in [9.17, 15) is 9.59 Å². The van der Waals surface area contributed by atoms with E-state index in [-0.39, 0.29) is 23.7 Å². The van der Waals surface area contributed by atoms with Gasteiger partial charge in [-0.05, 0) is 61.1 Å². The van der Waals surface area contributed by atoms with Crippen molar-refractivity contribution in [2.75, 3.05) is 48.3 Å². The summed E-state index contributed by atoms with van der Waals surface area (Å²) in [7, 11) is 0. The summed E-state index contributed by atoms with van der Waals surface area (Å²) in [5, 5.41) is 20.2. The van der Waals surface area contributed by atoms with E-state index < -0.39 is 0 Å². The van der Waals surface area contributed by atoms with Crippen molar-refractivity contribution in [1.29, 1.82) is 0 Å². The predicted molar refractivity (Wildman–Crippen MR) is 209 cm³/mol. The van der Waals surface area contributed by atoms with Gasteiger partial charge in [-0.25, -0.2) is 0 Å². The number of carbonyl (C=O) groups is 2. The molecule has 3 aromatic carbocycles. The van der Waals surface area contributed by atoms with Gasteiger partial charge in [0.25, 0.3) is 11.8 Å². The highest BCUT2D eigenvalue weighted by molar-refractivity contribution is 6.34. The maximum absolute atomic E-state index is 13.4. The van der Waals surface area contributed by atoms with Crippen LogP contribution in [0.25, 0.3) is 0 Å². The minimum atomic E-state index is -0.302. The first-order chi connectivity index (χ1) is 25.8. The fraction of sp³-hybridized carbons (Fsp3) is 0.333. The van der Waals surface area contributed by atoms with Crippen LogP contribution < -0.4 is 27.4 Å². The van der Waals surface area contributed by atoms with Crippen molar-refractivity contribution >= 4 is 58.0 Å². The van der Waals surface area contributed by atoms with E-state index in [0.29, 0.717) is 60.7 Å². The van der Waals surface area contributed by atoms with Gasteiger partial charge in [-0.3, -0.25) is 14.5 Å². The first-order valence-corrected chi connectivity index (χ1v) is 18.9. The number of nitrogens with zero attached hydrogens (tertiary/aromatic N) is 5. The molecule has 0 radical (unpaired) electrons. The number of carbonyl (C=O) groups excluding carboxylic acids is 2. The zero-order chi connectivity index (χ0) is 36.6. The monoisotopic (exact) mass is 752 g/mol. The molecule has 274 valence electrons. The van der Waals surface area contributed by atoms with Crippen LogP contribution in [0.4, 0.5) is 23.0 Å². The average Bonchev–Trinajstić information content (AvgIpc) is 3.70. The number of anilines is 4. The Bertz CT molecular complexity index is 2180. The topological polar surface area (TPSA) is 161 Å². The van der Waals surface area contributed by atoms with Gasteiger partial charge in [0, 0.05) is 50.4 Å². The highest BCUT2D eigenvalue weighted by Gasteiger charge is 2.34. The standard InChI is InChI=1S/C23H24ClN5O.C16H18ClN5O/c24-19-8-4-7-16-17(9-11-26-21(16)19)23(30)29-22(25)18-10-12-28(14-20(18)27-29)13-15-5-2-1-3-6-15;17-12-3-1-2-9-10(5-7-20-14(9)12)16(23)22-15(18)11-4-6-19-8-13(11)21-22/h1-8,17,26H,9-14,25H2;1-3,10,19-20H,4-8,18H2. The molecule has 5 aromatic rings. The van der Waals surface area contributed by atoms with Gasteiger partial charge in [0.2, 0.25) is 0 Å². The second-order valence-electron chi connectivity index (χ2n) is 13.9. The summed E-state index contributed by atoms with van der Waals surface area (Å²) in [6.07, 6.45) is 3.00. The Hall–Kier alpha value is -4.88. The summed E-state index contributed by atoms with van der Waals surface area (Å²) in [5.74, 6) is 0.221. The van der Waals surface area contributed by atoms with Crippen molar-refractivity contribution in [3.63, 3.8) is 0 Å². The van der Waals surface area contributed by atoms with Crippen molar-refractivity contribution in [2.45, 2.75) is 57.2 Å². The Labute approximate surface area is 317 Å². The van der Waals surface area contributed by atoms with Crippen molar-refractivity contribution in [1.82, 2.24) is 29.8 Å². The van der Waals surface area contributed by atoms with E-state index in [1.165, 1.54) is 14.9 Å². The van der Waals surface area contributed by atoms with Gasteiger partial charge in [0.1, 0.15) is 11.6 Å². The first kappa shape index (κ1) is 35.2. The molecule has 0 aliphatic carbocycles. The Kier molecular flexibility index (Phi) is 9.86. The van der Waals surface area contributed by atoms with Crippen LogP contribution in [0.15, 0.2) is 66.7 Å². The van der Waals surface area contributed by atoms with Crippen LogP contribution in [0.1, 0.15) is 73.5 Å². The maximum Gasteiger partial charge on any atom is 0.256 e. The fourth-order valence-electron chi connectivity index (χ4n) is 7.97. The molecule has 12 nitrogen and oxygen atoms in total. The third kappa shape index (κ3) is 6.76. The summed E-state index contributed by atoms with van der Waals surface area (Å²) < 4.78 is 2.82. The second kappa shape index (κ2) is 14.9. The summed E-state index contributed by atoms with van der Waals surface area (Å²) in [6, 6.07) is 21.7. The first-order valence-electron chi connectivity index (χ1n) is 18.1. The smallest absolute Gasteiger partial charge is 0.256 e. The molecule has 2 atom stereocenters. The highest BCUT2D eigenvalue weighted by Crippen LogP contribution is 2.39. The average molecular weight is 754 g/mol. The van der Waals surface area contributed by atoms with Crippen molar-refractivity contribution in [3.8, 4) is 0 Å². The van der Waals surface area contributed by atoms with Crippen LogP contribution in [0.2, 0.25) is 10.0 Å². The molecule has 2 unspecified atom stereocenters. The van der Waals surface area contributed by atoms with E-state index in [4.69, 9.17) is 34.7 Å². The Morgan fingerprint density at radius 3 is 1.87 bits per heavy atom. The van der Waals surface area contributed by atoms with E-state index in [1.807, 2.05) is 42.5 Å². The lowest BCUT2D eigenvalue weighted by Gasteiger charge is -2.26. The SMILES string of the molecule is Nc1c2c(nn1C(=O)C1CCNc3c(Cl)cccc31)CN(Cc1ccccc1)CC2.Nc1c2c(nn1C(=O)C1CCNc3c(Cl)cccc31)CNCC2. The Morgan fingerprint density at radius 1 is 0.717 bits per heavy atom. The highest BCUT2D eigenvalue weighted by atomic mass is 35.5. The number of rotatable bonds is 4. The van der Waals surface area contributed by atoms with Crippen molar-refractivity contribution < 1.29 is 9.59 Å². The molecule has 6 heterocycles. The zero-order valence-corrected chi connectivity index (χ0v) is 30.8. The number of para-hydroxylation sites is 2.